The second-order valence-corrected chi connectivity index (χ2v) is 8.24. The van der Waals surface area contributed by atoms with Crippen molar-refractivity contribution in [2.24, 2.45) is 5.92 Å². The van der Waals surface area contributed by atoms with Gasteiger partial charge in [0.25, 0.3) is 0 Å². The first kappa shape index (κ1) is 20.2. The molecule has 0 unspecified atom stereocenters. The van der Waals surface area contributed by atoms with Gasteiger partial charge >= 0.3 is 6.18 Å². The number of hydrogen-bond acceptors (Lipinski definition) is 5. The summed E-state index contributed by atoms with van der Waals surface area (Å²) in [6.45, 7) is 0.377. The highest BCUT2D eigenvalue weighted by molar-refractivity contribution is 7.95. The molecule has 0 saturated carbocycles. The summed E-state index contributed by atoms with van der Waals surface area (Å²) in [7, 11) is -3.67. The molecule has 10 heteroatoms. The smallest absolute Gasteiger partial charge is 0.361 e. The maximum Gasteiger partial charge on any atom is 0.391 e. The number of Topliss-reactive ketones (excluding diaryl/α,β-unsaturated/α-hetero) is 1. The van der Waals surface area contributed by atoms with Gasteiger partial charge in [-0.25, -0.2) is 8.42 Å². The Labute approximate surface area is 149 Å². The molecule has 1 aliphatic heterocycles. The third-order valence-corrected chi connectivity index (χ3v) is 5.25. The van der Waals surface area contributed by atoms with Gasteiger partial charge in [-0.05, 0) is 38.1 Å². The van der Waals surface area contributed by atoms with E-state index >= 15 is 0 Å². The SMILES string of the molecule is CS(=O)(=O)C(C#N)=Cc1cc(C(=O)CN2CCC(C(F)(F)F)CC2)c[nH]1. The summed E-state index contributed by atoms with van der Waals surface area (Å²) in [5.74, 6) is -1.61. The lowest BCUT2D eigenvalue weighted by molar-refractivity contribution is -0.184. The molecule has 0 radical (unpaired) electrons. The monoisotopic (exact) mass is 389 g/mol. The highest BCUT2D eigenvalue weighted by Gasteiger charge is 2.41. The number of allylic oxidation sites excluding steroid dienone is 1. The Hall–Kier alpha value is -2.12. The van der Waals surface area contributed by atoms with Crippen molar-refractivity contribution in [1.29, 1.82) is 5.26 Å². The number of rotatable bonds is 5. The van der Waals surface area contributed by atoms with Crippen LogP contribution in [0.4, 0.5) is 13.2 Å². The lowest BCUT2D eigenvalue weighted by atomic mass is 9.96. The van der Waals surface area contributed by atoms with Crippen LogP contribution in [-0.2, 0) is 9.84 Å². The molecule has 1 fully saturated rings. The first-order chi connectivity index (χ1) is 12.0. The summed E-state index contributed by atoms with van der Waals surface area (Å²) >= 11 is 0. The standard InChI is InChI=1S/C16H18F3N3O3S/c1-26(24,25)14(8-20)7-13-6-11(9-21-13)15(23)10-22-4-2-12(3-5-22)16(17,18)19/h6-7,9,12,21H,2-5,10H2,1H3. The summed E-state index contributed by atoms with van der Waals surface area (Å²) in [5, 5.41) is 8.87. The average Bonchev–Trinajstić information content (AvgIpc) is 3.00. The van der Waals surface area contributed by atoms with Gasteiger partial charge in [-0.1, -0.05) is 0 Å². The molecule has 0 atom stereocenters. The zero-order chi connectivity index (χ0) is 19.5. The fraction of sp³-hybridized carbons (Fsp3) is 0.500. The van der Waals surface area contributed by atoms with Crippen molar-refractivity contribution in [3.63, 3.8) is 0 Å². The number of nitrogens with zero attached hydrogens (tertiary/aromatic N) is 2. The van der Waals surface area contributed by atoms with Crippen LogP contribution in [0.15, 0.2) is 17.2 Å². The predicted molar refractivity (Wildman–Crippen MR) is 88.8 cm³/mol. The third kappa shape index (κ3) is 5.19. The number of hydrogen-bond donors (Lipinski definition) is 1. The Morgan fingerprint density at radius 3 is 2.54 bits per heavy atom. The van der Waals surface area contributed by atoms with Gasteiger partial charge < -0.3 is 4.98 Å². The Morgan fingerprint density at radius 1 is 1.42 bits per heavy atom. The third-order valence-electron chi connectivity index (χ3n) is 4.24. The molecule has 142 valence electrons. The predicted octanol–water partition coefficient (Wildman–Crippen LogP) is 2.38. The zero-order valence-electron chi connectivity index (χ0n) is 14.0. The lowest BCUT2D eigenvalue weighted by Gasteiger charge is -2.32. The van der Waals surface area contributed by atoms with Gasteiger partial charge in [-0.3, -0.25) is 9.69 Å². The first-order valence-corrected chi connectivity index (χ1v) is 9.72. The summed E-state index contributed by atoms with van der Waals surface area (Å²) in [4.78, 5) is 16.2. The van der Waals surface area contributed by atoms with Crippen molar-refractivity contribution in [2.75, 3.05) is 25.9 Å². The van der Waals surface area contributed by atoms with Crippen LogP contribution in [0.2, 0.25) is 0 Å². The lowest BCUT2D eigenvalue weighted by Crippen LogP contribution is -2.41. The molecule has 6 nitrogen and oxygen atoms in total. The van der Waals surface area contributed by atoms with Gasteiger partial charge in [0.1, 0.15) is 11.0 Å². The Kier molecular flexibility index (Phi) is 5.93. The fourth-order valence-electron chi connectivity index (χ4n) is 2.73. The second-order valence-electron chi connectivity index (χ2n) is 6.25. The van der Waals surface area contributed by atoms with Crippen LogP contribution in [0.3, 0.4) is 0 Å². The number of aromatic amines is 1. The minimum absolute atomic E-state index is 0.0111. The van der Waals surface area contributed by atoms with Crippen molar-refractivity contribution in [1.82, 2.24) is 9.88 Å². The van der Waals surface area contributed by atoms with Gasteiger partial charge in [0.15, 0.2) is 15.6 Å². The van der Waals surface area contributed by atoms with E-state index in [0.29, 0.717) is 0 Å². The van der Waals surface area contributed by atoms with E-state index in [-0.39, 0.29) is 49.5 Å². The van der Waals surface area contributed by atoms with E-state index in [0.717, 1.165) is 12.3 Å². The molecule has 0 bridgehead atoms. The molecule has 2 rings (SSSR count). The fourth-order valence-corrected chi connectivity index (χ4v) is 3.24. The summed E-state index contributed by atoms with van der Waals surface area (Å²) in [6.07, 6.45) is -0.845. The van der Waals surface area contributed by atoms with E-state index in [1.54, 1.807) is 11.0 Å². The average molecular weight is 389 g/mol. The number of likely N-dealkylation sites (tertiary alicyclic amines) is 1. The second kappa shape index (κ2) is 7.63. The molecular weight excluding hydrogens is 371 g/mol. The molecule has 0 spiro atoms. The molecule has 0 aliphatic carbocycles. The van der Waals surface area contributed by atoms with Crippen LogP contribution in [0.1, 0.15) is 28.9 Å². The van der Waals surface area contributed by atoms with Crippen molar-refractivity contribution >= 4 is 21.7 Å². The maximum atomic E-state index is 12.7. The number of nitrogens with one attached hydrogen (secondary N) is 1. The minimum atomic E-state index is -4.20. The molecule has 1 N–H and O–H groups in total. The number of ketones is 1. The van der Waals surface area contributed by atoms with Crippen LogP contribution >= 0.6 is 0 Å². The van der Waals surface area contributed by atoms with E-state index in [2.05, 4.69) is 4.98 Å². The van der Waals surface area contributed by atoms with Crippen molar-refractivity contribution < 1.29 is 26.4 Å². The van der Waals surface area contributed by atoms with Gasteiger partial charge in [0.05, 0.1) is 12.5 Å². The summed E-state index contributed by atoms with van der Waals surface area (Å²) < 4.78 is 60.8. The van der Waals surface area contributed by atoms with Gasteiger partial charge in [0.2, 0.25) is 0 Å². The van der Waals surface area contributed by atoms with Crippen molar-refractivity contribution in [3.05, 3.63) is 28.4 Å². The van der Waals surface area contributed by atoms with E-state index in [1.807, 2.05) is 0 Å². The van der Waals surface area contributed by atoms with E-state index in [4.69, 9.17) is 5.26 Å². The molecular formula is C16H18F3N3O3S. The highest BCUT2D eigenvalue weighted by atomic mass is 32.2. The minimum Gasteiger partial charge on any atom is -0.361 e. The highest BCUT2D eigenvalue weighted by Crippen LogP contribution is 2.34. The van der Waals surface area contributed by atoms with Gasteiger partial charge in [-0.15, -0.1) is 0 Å². The Morgan fingerprint density at radius 2 is 2.04 bits per heavy atom. The first-order valence-electron chi connectivity index (χ1n) is 7.83. The number of sulfone groups is 1. The van der Waals surface area contributed by atoms with Crippen molar-refractivity contribution in [2.45, 2.75) is 19.0 Å². The molecule has 0 amide bonds. The number of nitriles is 1. The molecule has 1 aromatic heterocycles. The van der Waals surface area contributed by atoms with Crippen LogP contribution in [0.25, 0.3) is 6.08 Å². The van der Waals surface area contributed by atoms with Gasteiger partial charge in [-0.2, -0.15) is 18.4 Å². The normalized spacial score (nSPS) is 17.9. The van der Waals surface area contributed by atoms with Crippen LogP contribution in [0.5, 0.6) is 0 Å². The largest absolute Gasteiger partial charge is 0.391 e. The number of piperidine rings is 1. The Bertz CT molecular complexity index is 842. The molecule has 1 saturated heterocycles. The van der Waals surface area contributed by atoms with E-state index < -0.39 is 26.8 Å². The summed E-state index contributed by atoms with van der Waals surface area (Å²) in [5.41, 5.74) is 0.561. The number of aromatic nitrogens is 1. The molecule has 1 aliphatic rings. The number of carbonyl (C=O) groups excluding carboxylic acids is 1. The quantitative estimate of drug-likeness (QED) is 0.616. The number of alkyl halides is 3. The van der Waals surface area contributed by atoms with Crippen molar-refractivity contribution in [3.8, 4) is 6.07 Å². The topological polar surface area (TPSA) is 94.0 Å². The molecule has 0 aromatic carbocycles. The molecule has 26 heavy (non-hydrogen) atoms. The van der Waals surface area contributed by atoms with Crippen LogP contribution < -0.4 is 0 Å². The zero-order valence-corrected chi connectivity index (χ0v) is 14.8. The molecule has 1 aromatic rings. The van der Waals surface area contributed by atoms with Gasteiger partial charge in [0, 0.05) is 23.7 Å². The Balaban J connectivity index is 1.99. The van der Waals surface area contributed by atoms with E-state index in [9.17, 15) is 26.4 Å². The van der Waals surface area contributed by atoms with E-state index in [1.165, 1.54) is 12.3 Å². The van der Waals surface area contributed by atoms with Crippen LogP contribution in [0, 0.1) is 17.2 Å². The number of carbonyl (C=O) groups is 1. The number of H-pyrrole nitrogens is 1. The number of halogens is 3. The van der Waals surface area contributed by atoms with Crippen LogP contribution in [-0.4, -0.2) is 56.2 Å². The molecule has 2 heterocycles. The summed E-state index contributed by atoms with van der Waals surface area (Å²) in [6, 6.07) is 2.99. The maximum absolute atomic E-state index is 12.7.